The molecular weight excluding hydrogens is 789 g/mol. The predicted molar refractivity (Wildman–Crippen MR) is 230 cm³/mol. The van der Waals surface area contributed by atoms with Crippen molar-refractivity contribution in [2.45, 2.75) is 195 Å². The number of unbranched alkanes of at least 4 members (excludes halogenated alkanes) is 2. The fourth-order valence-corrected chi connectivity index (χ4v) is 6.81. The Bertz CT molecular complexity index is 1370. The minimum absolute atomic E-state index is 0.0509. The summed E-state index contributed by atoms with van der Waals surface area (Å²) >= 11 is 0. The van der Waals surface area contributed by atoms with Crippen molar-refractivity contribution in [3.63, 3.8) is 0 Å². The number of amides is 4. The van der Waals surface area contributed by atoms with Crippen molar-refractivity contribution in [3.8, 4) is 0 Å². The van der Waals surface area contributed by atoms with Crippen LogP contribution in [0.15, 0.2) is 0 Å². The van der Waals surface area contributed by atoms with Crippen LogP contribution in [0.5, 0.6) is 0 Å². The highest BCUT2D eigenvalue weighted by atomic mass is 16.5. The molecule has 5 N–H and O–H groups in total. The van der Waals surface area contributed by atoms with Gasteiger partial charge >= 0.3 is 23.9 Å². The monoisotopic (exact) mass is 867 g/mol. The lowest BCUT2D eigenvalue weighted by atomic mass is 9.98. The van der Waals surface area contributed by atoms with Crippen LogP contribution in [0.1, 0.15) is 170 Å². The first-order valence-electron chi connectivity index (χ1n) is 22.9. The van der Waals surface area contributed by atoms with E-state index in [0.717, 1.165) is 38.0 Å². The average Bonchev–Trinajstić information content (AvgIpc) is 4.06. The number of rotatable bonds is 22. The molecule has 61 heavy (non-hydrogen) atoms. The third-order valence-corrected chi connectivity index (χ3v) is 11.0. The van der Waals surface area contributed by atoms with Crippen LogP contribution in [0.4, 0.5) is 0 Å². The van der Waals surface area contributed by atoms with Gasteiger partial charge in [-0.1, -0.05) is 99.8 Å². The molecule has 350 valence electrons. The quantitative estimate of drug-likeness (QED) is 0.0655. The van der Waals surface area contributed by atoms with E-state index in [0.29, 0.717) is 88.9 Å². The van der Waals surface area contributed by atoms with Crippen LogP contribution in [0.25, 0.3) is 0 Å². The van der Waals surface area contributed by atoms with E-state index in [1.165, 1.54) is 38.5 Å². The largest absolute Gasteiger partial charge is 0.480 e. The highest BCUT2D eigenvalue weighted by molar-refractivity contribution is 5.89. The van der Waals surface area contributed by atoms with E-state index in [1.54, 1.807) is 0 Å². The van der Waals surface area contributed by atoms with Crippen molar-refractivity contribution >= 4 is 47.5 Å². The second kappa shape index (κ2) is 31.6. The number of hydrogen-bond donors (Lipinski definition) is 5. The van der Waals surface area contributed by atoms with Gasteiger partial charge in [-0.15, -0.1) is 0 Å². The zero-order valence-electron chi connectivity index (χ0n) is 38.1. The molecule has 0 aromatic carbocycles. The second-order valence-corrected chi connectivity index (χ2v) is 17.3. The van der Waals surface area contributed by atoms with Crippen LogP contribution < -0.4 is 21.3 Å². The molecule has 4 heterocycles. The lowest BCUT2D eigenvalue weighted by Gasteiger charge is -2.16. The summed E-state index contributed by atoms with van der Waals surface area (Å²) in [6.07, 6.45) is 16.3. The molecule has 3 unspecified atom stereocenters. The first-order chi connectivity index (χ1) is 29.0. The third kappa shape index (κ3) is 25.3. The Balaban J connectivity index is 0.000000417. The van der Waals surface area contributed by atoms with E-state index in [-0.39, 0.29) is 41.5 Å². The first kappa shape index (κ1) is 54.8. The summed E-state index contributed by atoms with van der Waals surface area (Å²) in [6, 6.07) is -1.88. The minimum atomic E-state index is -0.944. The lowest BCUT2D eigenvalue weighted by molar-refractivity contribution is -0.148. The summed E-state index contributed by atoms with van der Waals surface area (Å²) in [5, 5.41) is 18.5. The van der Waals surface area contributed by atoms with Gasteiger partial charge in [-0.2, -0.15) is 0 Å². The number of hydrogen-bond acceptors (Lipinski definition) is 11. The summed E-state index contributed by atoms with van der Waals surface area (Å²) in [4.78, 5) is 88.2. The summed E-state index contributed by atoms with van der Waals surface area (Å²) in [7, 11) is 0. The molecule has 4 rings (SSSR count). The highest BCUT2D eigenvalue weighted by Crippen LogP contribution is 2.17. The molecule has 0 saturated carbocycles. The Morgan fingerprint density at radius 1 is 0.541 bits per heavy atom. The summed E-state index contributed by atoms with van der Waals surface area (Å²) in [6.45, 7) is 16.6. The van der Waals surface area contributed by atoms with Gasteiger partial charge in [0.1, 0.15) is 24.2 Å². The second-order valence-electron chi connectivity index (χ2n) is 17.3. The predicted octanol–water partition coefficient (Wildman–Crippen LogP) is 5.67. The van der Waals surface area contributed by atoms with Crippen molar-refractivity contribution in [1.82, 2.24) is 21.3 Å². The standard InChI is InChI=1S/C15H27NO3.C13H23NO3.C12H21NO3.C5H7NO3/c1-11(2)5-4-6-12(3)9-10-19-15(18)13-7-8-14(17)16-13;1-3-5-6-10(4-2)9-17-13(16)11-7-8-12(15)14-11;1-3-4-5-9(2)8-16-12(15)10-6-7-11(14)13-10;7-4-2-1-3(6-4)5(8)9/h11-13H,4-10H2,1-3H3,(H,16,17);10-11H,3-9H2,1-2H3,(H,14,15);9-10H,3-8H2,1-2H3,(H,13,14);3H,1-2H2,(H,6,7)(H,8,9)/t12?,13-;10?,11-;9?,10-;3-/m0000/s1. The van der Waals surface area contributed by atoms with Gasteiger partial charge in [0.25, 0.3) is 0 Å². The normalized spacial score (nSPS) is 21.7. The van der Waals surface area contributed by atoms with Gasteiger partial charge < -0.3 is 40.6 Å². The molecular formula is C45H78N4O12. The minimum Gasteiger partial charge on any atom is -0.480 e. The van der Waals surface area contributed by atoms with E-state index < -0.39 is 30.1 Å². The van der Waals surface area contributed by atoms with Crippen LogP contribution in [-0.2, 0) is 52.6 Å². The molecule has 16 nitrogen and oxygen atoms in total. The Hall–Kier alpha value is -4.24. The third-order valence-electron chi connectivity index (χ3n) is 11.0. The Labute approximate surface area is 363 Å². The van der Waals surface area contributed by atoms with Crippen molar-refractivity contribution in [2.75, 3.05) is 19.8 Å². The van der Waals surface area contributed by atoms with Crippen molar-refractivity contribution in [2.24, 2.45) is 23.7 Å². The molecule has 7 atom stereocenters. The molecule has 4 amide bonds. The number of esters is 3. The van der Waals surface area contributed by atoms with Crippen LogP contribution >= 0.6 is 0 Å². The topological polar surface area (TPSA) is 233 Å². The average molecular weight is 867 g/mol. The summed E-state index contributed by atoms with van der Waals surface area (Å²) < 4.78 is 15.7. The van der Waals surface area contributed by atoms with E-state index in [9.17, 15) is 38.4 Å². The fourth-order valence-electron chi connectivity index (χ4n) is 6.81. The van der Waals surface area contributed by atoms with E-state index in [1.807, 2.05) is 0 Å². The molecule has 0 spiro atoms. The van der Waals surface area contributed by atoms with Gasteiger partial charge in [-0.05, 0) is 68.6 Å². The maximum atomic E-state index is 11.6. The zero-order chi connectivity index (χ0) is 45.7. The maximum absolute atomic E-state index is 11.6. The summed E-state index contributed by atoms with van der Waals surface area (Å²) in [5.41, 5.74) is 0. The van der Waals surface area contributed by atoms with E-state index in [2.05, 4.69) is 69.7 Å². The number of ether oxygens (including phenoxy) is 3. The highest BCUT2D eigenvalue weighted by Gasteiger charge is 2.31. The number of carboxylic acid groups (broad SMARTS) is 1. The molecule has 4 aliphatic heterocycles. The molecule has 0 radical (unpaired) electrons. The maximum Gasteiger partial charge on any atom is 0.328 e. The fraction of sp³-hybridized carbons (Fsp3) is 0.822. The number of aliphatic carboxylic acids is 1. The van der Waals surface area contributed by atoms with Crippen LogP contribution in [-0.4, -0.2) is 96.6 Å². The number of carbonyl (C=O) groups excluding carboxylic acids is 7. The number of carbonyl (C=O) groups is 8. The number of nitrogens with one attached hydrogen (secondary N) is 4. The van der Waals surface area contributed by atoms with Gasteiger partial charge in [-0.25, -0.2) is 19.2 Å². The molecule has 0 aromatic heterocycles. The van der Waals surface area contributed by atoms with Gasteiger partial charge in [0.15, 0.2) is 0 Å². The summed E-state index contributed by atoms with van der Waals surface area (Å²) in [5.74, 6) is 0.108. The molecule has 4 fully saturated rings. The van der Waals surface area contributed by atoms with Gasteiger partial charge in [-0.3, -0.25) is 19.2 Å². The van der Waals surface area contributed by atoms with E-state index >= 15 is 0 Å². The van der Waals surface area contributed by atoms with Crippen LogP contribution in [0.3, 0.4) is 0 Å². The zero-order valence-corrected chi connectivity index (χ0v) is 38.1. The Morgan fingerprint density at radius 3 is 1.33 bits per heavy atom. The van der Waals surface area contributed by atoms with Crippen molar-refractivity contribution in [1.29, 1.82) is 0 Å². The lowest BCUT2D eigenvalue weighted by Crippen LogP contribution is -2.35. The SMILES string of the molecule is CC(C)CCCC(C)CCOC(=O)[C@@H]1CCC(=O)N1.CCCCC(C)COC(=O)[C@@H]1CCC(=O)N1.CCCCC(CC)COC(=O)[C@@H]1CCC(=O)N1.O=C1CC[C@@H](C(=O)O)N1. The van der Waals surface area contributed by atoms with Gasteiger partial charge in [0.05, 0.1) is 19.8 Å². The van der Waals surface area contributed by atoms with Crippen LogP contribution in [0.2, 0.25) is 0 Å². The Morgan fingerprint density at radius 2 is 0.951 bits per heavy atom. The van der Waals surface area contributed by atoms with E-state index in [4.69, 9.17) is 19.3 Å². The van der Waals surface area contributed by atoms with Gasteiger partial charge in [0, 0.05) is 25.7 Å². The smallest absolute Gasteiger partial charge is 0.328 e. The van der Waals surface area contributed by atoms with Crippen molar-refractivity contribution < 1.29 is 57.7 Å². The Kier molecular flexibility index (Phi) is 28.4. The molecule has 4 saturated heterocycles. The number of carboxylic acids is 1. The molecule has 0 aromatic rings. The van der Waals surface area contributed by atoms with Gasteiger partial charge in [0.2, 0.25) is 23.6 Å². The molecule has 0 bridgehead atoms. The molecule has 16 heteroatoms. The molecule has 4 aliphatic rings. The molecule has 0 aliphatic carbocycles. The van der Waals surface area contributed by atoms with Crippen molar-refractivity contribution in [3.05, 3.63) is 0 Å². The first-order valence-corrected chi connectivity index (χ1v) is 22.9. The van der Waals surface area contributed by atoms with Crippen LogP contribution in [0, 0.1) is 23.7 Å².